The van der Waals surface area contributed by atoms with E-state index >= 15 is 0 Å². The van der Waals surface area contributed by atoms with Crippen LogP contribution in [0.15, 0.2) is 53.1 Å². The van der Waals surface area contributed by atoms with E-state index in [4.69, 9.17) is 25.6 Å². The summed E-state index contributed by atoms with van der Waals surface area (Å²) in [5.41, 5.74) is 1.90. The average molecular weight is 373 g/mol. The lowest BCUT2D eigenvalue weighted by Crippen LogP contribution is -2.23. The molecule has 0 aliphatic carbocycles. The van der Waals surface area contributed by atoms with Crippen molar-refractivity contribution >= 4 is 17.5 Å². The van der Waals surface area contributed by atoms with Crippen LogP contribution in [0.4, 0.5) is 0 Å². The highest BCUT2D eigenvalue weighted by molar-refractivity contribution is 6.30. The predicted molar refractivity (Wildman–Crippen MR) is 97.7 cm³/mol. The SMILES string of the molecule is COc1cc(OC)cc(C(=O)NCc2cc(-c3ccc(Cl)cc3)on2)c1. The van der Waals surface area contributed by atoms with Gasteiger partial charge in [0.2, 0.25) is 0 Å². The van der Waals surface area contributed by atoms with E-state index < -0.39 is 0 Å². The number of benzene rings is 2. The Morgan fingerprint density at radius 2 is 1.73 bits per heavy atom. The molecule has 134 valence electrons. The molecule has 0 atom stereocenters. The number of carbonyl (C=O) groups excluding carboxylic acids is 1. The molecule has 0 fully saturated rings. The van der Waals surface area contributed by atoms with Crippen molar-refractivity contribution in [1.82, 2.24) is 10.5 Å². The minimum Gasteiger partial charge on any atom is -0.497 e. The van der Waals surface area contributed by atoms with Crippen LogP contribution in [0.5, 0.6) is 11.5 Å². The van der Waals surface area contributed by atoms with Crippen molar-refractivity contribution in [2.24, 2.45) is 0 Å². The molecule has 0 saturated carbocycles. The first-order valence-electron chi connectivity index (χ1n) is 7.82. The Morgan fingerprint density at radius 3 is 2.35 bits per heavy atom. The van der Waals surface area contributed by atoms with E-state index in [0.29, 0.717) is 33.5 Å². The molecular formula is C19H17ClN2O4. The van der Waals surface area contributed by atoms with Crippen LogP contribution in [0.25, 0.3) is 11.3 Å². The van der Waals surface area contributed by atoms with Gasteiger partial charge in [0.25, 0.3) is 5.91 Å². The van der Waals surface area contributed by atoms with Crippen molar-refractivity contribution < 1.29 is 18.8 Å². The summed E-state index contributed by atoms with van der Waals surface area (Å²) < 4.78 is 15.7. The van der Waals surface area contributed by atoms with Gasteiger partial charge < -0.3 is 19.3 Å². The van der Waals surface area contributed by atoms with Crippen molar-refractivity contribution in [3.63, 3.8) is 0 Å². The normalized spacial score (nSPS) is 10.4. The van der Waals surface area contributed by atoms with E-state index in [1.54, 1.807) is 36.4 Å². The van der Waals surface area contributed by atoms with Gasteiger partial charge in [0.15, 0.2) is 5.76 Å². The van der Waals surface area contributed by atoms with Gasteiger partial charge in [-0.25, -0.2) is 0 Å². The highest BCUT2D eigenvalue weighted by Crippen LogP contribution is 2.23. The predicted octanol–water partition coefficient (Wildman–Crippen LogP) is 3.94. The quantitative estimate of drug-likeness (QED) is 0.709. The monoisotopic (exact) mass is 372 g/mol. The first-order valence-corrected chi connectivity index (χ1v) is 8.19. The molecule has 1 N–H and O–H groups in total. The van der Waals surface area contributed by atoms with Crippen LogP contribution in [0.3, 0.4) is 0 Å². The Bertz CT molecular complexity index is 884. The van der Waals surface area contributed by atoms with Gasteiger partial charge in [0.1, 0.15) is 17.2 Å². The van der Waals surface area contributed by atoms with Crippen LogP contribution in [0.2, 0.25) is 5.02 Å². The van der Waals surface area contributed by atoms with Gasteiger partial charge >= 0.3 is 0 Å². The van der Waals surface area contributed by atoms with Crippen LogP contribution >= 0.6 is 11.6 Å². The molecule has 6 nitrogen and oxygen atoms in total. The molecule has 0 unspecified atom stereocenters. The van der Waals surface area contributed by atoms with Gasteiger partial charge in [-0.15, -0.1) is 0 Å². The number of rotatable bonds is 6. The van der Waals surface area contributed by atoms with Gasteiger partial charge in [0, 0.05) is 28.3 Å². The third-order valence-corrected chi connectivity index (χ3v) is 3.98. The highest BCUT2D eigenvalue weighted by atomic mass is 35.5. The van der Waals surface area contributed by atoms with Gasteiger partial charge in [-0.3, -0.25) is 4.79 Å². The Kier molecular flexibility index (Phi) is 5.43. The Hall–Kier alpha value is -2.99. The summed E-state index contributed by atoms with van der Waals surface area (Å²) in [4.78, 5) is 12.4. The van der Waals surface area contributed by atoms with Gasteiger partial charge in [-0.1, -0.05) is 16.8 Å². The zero-order chi connectivity index (χ0) is 18.5. The van der Waals surface area contributed by atoms with Gasteiger partial charge in [0.05, 0.1) is 20.8 Å². The fourth-order valence-electron chi connectivity index (χ4n) is 2.36. The molecule has 3 rings (SSSR count). The smallest absolute Gasteiger partial charge is 0.251 e. The highest BCUT2D eigenvalue weighted by Gasteiger charge is 2.12. The maximum absolute atomic E-state index is 12.4. The van der Waals surface area contributed by atoms with Crippen LogP contribution in [0.1, 0.15) is 16.1 Å². The average Bonchev–Trinajstić information content (AvgIpc) is 3.15. The van der Waals surface area contributed by atoms with E-state index in [2.05, 4.69) is 10.5 Å². The molecule has 0 spiro atoms. The summed E-state index contributed by atoms with van der Waals surface area (Å²) in [5, 5.41) is 7.42. The maximum Gasteiger partial charge on any atom is 0.251 e. The number of halogens is 1. The molecule has 0 radical (unpaired) electrons. The Balaban J connectivity index is 1.67. The van der Waals surface area contributed by atoms with Crippen molar-refractivity contribution in [3.8, 4) is 22.8 Å². The number of hydrogen-bond acceptors (Lipinski definition) is 5. The standard InChI is InChI=1S/C19H17ClN2O4/c1-24-16-7-13(8-17(10-16)25-2)19(23)21-11-15-9-18(26-22-15)12-3-5-14(20)6-4-12/h3-10H,11H2,1-2H3,(H,21,23). The number of carbonyl (C=O) groups is 1. The zero-order valence-corrected chi connectivity index (χ0v) is 15.0. The number of hydrogen-bond donors (Lipinski definition) is 1. The van der Waals surface area contributed by atoms with Crippen molar-refractivity contribution in [2.45, 2.75) is 6.54 Å². The first kappa shape index (κ1) is 17.8. The molecule has 26 heavy (non-hydrogen) atoms. The molecule has 2 aromatic carbocycles. The number of aromatic nitrogens is 1. The Morgan fingerprint density at radius 1 is 1.08 bits per heavy atom. The summed E-state index contributed by atoms with van der Waals surface area (Å²) in [5.74, 6) is 1.43. The van der Waals surface area contributed by atoms with Crippen LogP contribution in [-0.2, 0) is 6.54 Å². The van der Waals surface area contributed by atoms with Crippen LogP contribution < -0.4 is 14.8 Å². The lowest BCUT2D eigenvalue weighted by Gasteiger charge is -2.08. The number of amides is 1. The van der Waals surface area contributed by atoms with E-state index in [1.807, 2.05) is 12.1 Å². The van der Waals surface area contributed by atoms with E-state index in [1.165, 1.54) is 14.2 Å². The molecule has 3 aromatic rings. The molecule has 0 aliphatic rings. The fraction of sp³-hybridized carbons (Fsp3) is 0.158. The lowest BCUT2D eigenvalue weighted by atomic mass is 10.1. The molecule has 7 heteroatoms. The maximum atomic E-state index is 12.4. The second-order valence-electron chi connectivity index (χ2n) is 5.47. The fourth-order valence-corrected chi connectivity index (χ4v) is 2.48. The minimum absolute atomic E-state index is 0.232. The molecule has 1 aromatic heterocycles. The number of methoxy groups -OCH3 is 2. The number of ether oxygens (including phenoxy) is 2. The molecular weight excluding hydrogens is 356 g/mol. The summed E-state index contributed by atoms with van der Waals surface area (Å²) in [6.07, 6.45) is 0. The van der Waals surface area contributed by atoms with E-state index in [9.17, 15) is 4.79 Å². The van der Waals surface area contributed by atoms with Gasteiger partial charge in [-0.05, 0) is 36.4 Å². The second kappa shape index (κ2) is 7.93. The minimum atomic E-state index is -0.266. The van der Waals surface area contributed by atoms with Crippen LogP contribution in [0, 0.1) is 0 Å². The summed E-state index contributed by atoms with van der Waals surface area (Å²) in [6, 6.07) is 14.0. The molecule has 0 bridgehead atoms. The number of nitrogens with one attached hydrogen (secondary N) is 1. The van der Waals surface area contributed by atoms with E-state index in [-0.39, 0.29) is 12.5 Å². The molecule has 1 amide bonds. The first-order chi connectivity index (χ1) is 12.6. The third kappa shape index (κ3) is 4.15. The topological polar surface area (TPSA) is 73.6 Å². The molecule has 0 saturated heterocycles. The van der Waals surface area contributed by atoms with Crippen molar-refractivity contribution in [2.75, 3.05) is 14.2 Å². The second-order valence-corrected chi connectivity index (χ2v) is 5.91. The van der Waals surface area contributed by atoms with Gasteiger partial charge in [-0.2, -0.15) is 0 Å². The van der Waals surface area contributed by atoms with Crippen LogP contribution in [-0.4, -0.2) is 25.3 Å². The summed E-state index contributed by atoms with van der Waals surface area (Å²) in [7, 11) is 3.06. The zero-order valence-electron chi connectivity index (χ0n) is 14.3. The number of nitrogens with zero attached hydrogens (tertiary/aromatic N) is 1. The molecule has 0 aliphatic heterocycles. The summed E-state index contributed by atoms with van der Waals surface area (Å²) in [6.45, 7) is 0.232. The van der Waals surface area contributed by atoms with Crippen molar-refractivity contribution in [1.29, 1.82) is 0 Å². The van der Waals surface area contributed by atoms with Crippen molar-refractivity contribution in [3.05, 3.63) is 64.8 Å². The molecule has 1 heterocycles. The third-order valence-electron chi connectivity index (χ3n) is 3.73. The largest absolute Gasteiger partial charge is 0.497 e. The lowest BCUT2D eigenvalue weighted by molar-refractivity contribution is 0.0949. The Labute approximate surface area is 155 Å². The summed E-state index contributed by atoms with van der Waals surface area (Å²) >= 11 is 5.88. The van der Waals surface area contributed by atoms with E-state index in [0.717, 1.165) is 5.56 Å².